The van der Waals surface area contributed by atoms with Crippen molar-refractivity contribution in [2.45, 2.75) is 20.1 Å². The molecule has 0 spiro atoms. The van der Waals surface area contributed by atoms with Gasteiger partial charge in [0.2, 0.25) is 0 Å². The van der Waals surface area contributed by atoms with Crippen molar-refractivity contribution in [3.05, 3.63) is 94.5 Å². The number of anilines is 1. The number of nitrogens with one attached hydrogen (secondary N) is 1. The monoisotopic (exact) mass is 337 g/mol. The van der Waals surface area contributed by atoms with E-state index in [1.165, 1.54) is 11.1 Å². The Morgan fingerprint density at radius 2 is 1.71 bits per heavy atom. The second-order valence-corrected chi connectivity index (χ2v) is 6.18. The molecule has 3 heteroatoms. The maximum Gasteiger partial charge on any atom is 0.124 e. The van der Waals surface area contributed by atoms with E-state index in [1.807, 2.05) is 42.5 Å². The largest absolute Gasteiger partial charge is 0.489 e. The summed E-state index contributed by atoms with van der Waals surface area (Å²) in [5.74, 6) is 0.903. The van der Waals surface area contributed by atoms with E-state index in [0.29, 0.717) is 13.2 Å². The highest BCUT2D eigenvalue weighted by molar-refractivity contribution is 6.30. The predicted octanol–water partition coefficient (Wildman–Crippen LogP) is 5.84. The van der Waals surface area contributed by atoms with Crippen molar-refractivity contribution in [1.82, 2.24) is 0 Å². The van der Waals surface area contributed by atoms with Gasteiger partial charge in [0.05, 0.1) is 0 Å². The minimum absolute atomic E-state index is 0.569. The first kappa shape index (κ1) is 16.4. The average Bonchev–Trinajstić information content (AvgIpc) is 2.60. The van der Waals surface area contributed by atoms with E-state index >= 15 is 0 Å². The summed E-state index contributed by atoms with van der Waals surface area (Å²) in [5.41, 5.74) is 4.58. The first-order chi connectivity index (χ1) is 11.7. The van der Waals surface area contributed by atoms with Gasteiger partial charge in [-0.2, -0.15) is 0 Å². The molecule has 3 rings (SSSR count). The second-order valence-electron chi connectivity index (χ2n) is 5.75. The van der Waals surface area contributed by atoms with Crippen LogP contribution < -0.4 is 10.1 Å². The zero-order valence-corrected chi connectivity index (χ0v) is 14.4. The van der Waals surface area contributed by atoms with Gasteiger partial charge in [-0.25, -0.2) is 0 Å². The molecule has 2 nitrogen and oxygen atoms in total. The van der Waals surface area contributed by atoms with Crippen molar-refractivity contribution in [1.29, 1.82) is 0 Å². The lowest BCUT2D eigenvalue weighted by Crippen LogP contribution is -2.03. The molecule has 0 heterocycles. The van der Waals surface area contributed by atoms with Gasteiger partial charge in [0.15, 0.2) is 0 Å². The van der Waals surface area contributed by atoms with E-state index in [4.69, 9.17) is 16.3 Å². The van der Waals surface area contributed by atoms with Crippen LogP contribution in [0.1, 0.15) is 16.7 Å². The van der Waals surface area contributed by atoms with Crippen LogP contribution in [-0.4, -0.2) is 0 Å². The molecular formula is C21H20ClNO. The molecule has 0 aromatic heterocycles. The fourth-order valence-electron chi connectivity index (χ4n) is 2.52. The molecule has 0 aliphatic heterocycles. The number of benzene rings is 3. The molecule has 3 aromatic rings. The van der Waals surface area contributed by atoms with Gasteiger partial charge in [-0.15, -0.1) is 0 Å². The number of rotatable bonds is 6. The highest BCUT2D eigenvalue weighted by Gasteiger charge is 2.04. The van der Waals surface area contributed by atoms with E-state index in [2.05, 4.69) is 42.6 Å². The highest BCUT2D eigenvalue weighted by Crippen LogP contribution is 2.21. The first-order valence-electron chi connectivity index (χ1n) is 7.96. The van der Waals surface area contributed by atoms with Crippen molar-refractivity contribution in [3.63, 3.8) is 0 Å². The first-order valence-corrected chi connectivity index (χ1v) is 8.34. The van der Waals surface area contributed by atoms with Crippen molar-refractivity contribution < 1.29 is 4.74 Å². The van der Waals surface area contributed by atoms with Crippen LogP contribution in [0.25, 0.3) is 0 Å². The summed E-state index contributed by atoms with van der Waals surface area (Å²) in [6.45, 7) is 3.36. The second kappa shape index (κ2) is 7.89. The summed E-state index contributed by atoms with van der Waals surface area (Å²) in [6.07, 6.45) is 0. The molecule has 0 radical (unpaired) electrons. The Kier molecular flexibility index (Phi) is 5.39. The van der Waals surface area contributed by atoms with Crippen molar-refractivity contribution in [3.8, 4) is 5.75 Å². The molecule has 3 aromatic carbocycles. The Labute approximate surface area is 148 Å². The van der Waals surface area contributed by atoms with Crippen molar-refractivity contribution in [2.75, 3.05) is 5.32 Å². The van der Waals surface area contributed by atoms with Crippen LogP contribution in [0.4, 0.5) is 5.69 Å². The van der Waals surface area contributed by atoms with Gasteiger partial charge in [-0.05, 0) is 42.8 Å². The van der Waals surface area contributed by atoms with Gasteiger partial charge in [-0.3, -0.25) is 0 Å². The Balaban J connectivity index is 1.65. The van der Waals surface area contributed by atoms with E-state index in [9.17, 15) is 0 Å². The third-order valence-corrected chi connectivity index (χ3v) is 4.03. The Hall–Kier alpha value is -2.45. The summed E-state index contributed by atoms with van der Waals surface area (Å²) in [7, 11) is 0. The smallest absolute Gasteiger partial charge is 0.124 e. The van der Waals surface area contributed by atoms with Crippen molar-refractivity contribution in [2.24, 2.45) is 0 Å². The van der Waals surface area contributed by atoms with E-state index < -0.39 is 0 Å². The standard InChI is InChI=1S/C21H20ClNO/c1-16-5-4-6-17(13-16)15-24-21-8-3-2-7-18(21)14-23-20-11-9-19(22)10-12-20/h2-13,23H,14-15H2,1H3. The zero-order valence-electron chi connectivity index (χ0n) is 13.6. The van der Waals surface area contributed by atoms with E-state index in [-0.39, 0.29) is 0 Å². The van der Waals surface area contributed by atoms with Gasteiger partial charge >= 0.3 is 0 Å². The quantitative estimate of drug-likeness (QED) is 0.610. The van der Waals surface area contributed by atoms with Crippen molar-refractivity contribution >= 4 is 17.3 Å². The van der Waals surface area contributed by atoms with Gasteiger partial charge < -0.3 is 10.1 Å². The molecule has 0 bridgehead atoms. The summed E-state index contributed by atoms with van der Waals surface area (Å²) < 4.78 is 6.02. The maximum atomic E-state index is 6.02. The third kappa shape index (κ3) is 4.53. The molecule has 0 saturated carbocycles. The molecule has 122 valence electrons. The maximum absolute atomic E-state index is 6.02. The topological polar surface area (TPSA) is 21.3 Å². The normalized spacial score (nSPS) is 10.4. The fourth-order valence-corrected chi connectivity index (χ4v) is 2.64. The number of aryl methyl sites for hydroxylation is 1. The Bertz CT molecular complexity index is 799. The Morgan fingerprint density at radius 1 is 0.917 bits per heavy atom. The summed E-state index contributed by atoms with van der Waals surface area (Å²) >= 11 is 5.92. The molecule has 1 N–H and O–H groups in total. The van der Waals surface area contributed by atoms with E-state index in [0.717, 1.165) is 22.0 Å². The van der Waals surface area contributed by atoms with Crippen LogP contribution in [0.5, 0.6) is 5.75 Å². The minimum atomic E-state index is 0.569. The lowest BCUT2D eigenvalue weighted by molar-refractivity contribution is 0.303. The van der Waals surface area contributed by atoms with Crippen LogP contribution in [0, 0.1) is 6.92 Å². The van der Waals surface area contributed by atoms with Gasteiger partial charge in [0.25, 0.3) is 0 Å². The van der Waals surface area contributed by atoms with Crippen LogP contribution in [0.3, 0.4) is 0 Å². The summed E-state index contributed by atoms with van der Waals surface area (Å²) in [6, 6.07) is 24.2. The molecule has 24 heavy (non-hydrogen) atoms. The summed E-state index contributed by atoms with van der Waals surface area (Å²) in [5, 5.41) is 4.14. The van der Waals surface area contributed by atoms with Gasteiger partial charge in [0.1, 0.15) is 12.4 Å². The third-order valence-electron chi connectivity index (χ3n) is 3.78. The lowest BCUT2D eigenvalue weighted by atomic mass is 10.1. The summed E-state index contributed by atoms with van der Waals surface area (Å²) in [4.78, 5) is 0. The van der Waals surface area contributed by atoms with Gasteiger partial charge in [-0.1, -0.05) is 59.6 Å². The molecule has 0 amide bonds. The van der Waals surface area contributed by atoms with Crippen LogP contribution in [-0.2, 0) is 13.2 Å². The predicted molar refractivity (Wildman–Crippen MR) is 101 cm³/mol. The SMILES string of the molecule is Cc1cccc(COc2ccccc2CNc2ccc(Cl)cc2)c1. The van der Waals surface area contributed by atoms with Crippen LogP contribution >= 0.6 is 11.6 Å². The average molecular weight is 338 g/mol. The number of hydrogen-bond donors (Lipinski definition) is 1. The molecule has 0 saturated heterocycles. The highest BCUT2D eigenvalue weighted by atomic mass is 35.5. The van der Waals surface area contributed by atoms with Gasteiger partial charge in [0, 0.05) is 22.8 Å². The number of ether oxygens (including phenoxy) is 1. The zero-order chi connectivity index (χ0) is 16.8. The molecule has 0 aliphatic rings. The number of halogens is 1. The molecule has 0 fully saturated rings. The molecular weight excluding hydrogens is 318 g/mol. The van der Waals surface area contributed by atoms with Crippen LogP contribution in [0.15, 0.2) is 72.8 Å². The van der Waals surface area contributed by atoms with Crippen LogP contribution in [0.2, 0.25) is 5.02 Å². The number of para-hydroxylation sites is 1. The Morgan fingerprint density at radius 3 is 2.50 bits per heavy atom. The fraction of sp³-hybridized carbons (Fsp3) is 0.143. The minimum Gasteiger partial charge on any atom is -0.489 e. The molecule has 0 atom stereocenters. The lowest BCUT2D eigenvalue weighted by Gasteiger charge is -2.13. The molecule has 0 aliphatic carbocycles. The van der Waals surface area contributed by atoms with E-state index in [1.54, 1.807) is 0 Å². The number of hydrogen-bond acceptors (Lipinski definition) is 2. The molecule has 0 unspecified atom stereocenters.